The van der Waals surface area contributed by atoms with Crippen LogP contribution in [0.4, 0.5) is 17.5 Å². The zero-order chi connectivity index (χ0) is 14.5. The van der Waals surface area contributed by atoms with Crippen LogP contribution in [0.5, 0.6) is 0 Å². The molecule has 0 saturated heterocycles. The third kappa shape index (κ3) is 3.74. The fourth-order valence-corrected chi connectivity index (χ4v) is 2.19. The minimum Gasteiger partial charge on any atom is -0.354 e. The minimum absolute atomic E-state index is 0.553. The predicted molar refractivity (Wildman–Crippen MR) is 85.3 cm³/mol. The Hall–Kier alpha value is -1.52. The standard InChI is InChI=1S/C14H16Cl2N4/c1-3-7-17-14-18-9(2)8-12(20-14)19-13-10(15)5-4-6-11(13)16/h4-6,8H,3,7H2,1-2H3,(H2,17,18,19,20). The zero-order valence-electron chi connectivity index (χ0n) is 11.4. The van der Waals surface area contributed by atoms with Gasteiger partial charge in [0.1, 0.15) is 5.82 Å². The topological polar surface area (TPSA) is 49.8 Å². The summed E-state index contributed by atoms with van der Waals surface area (Å²) in [6.45, 7) is 4.83. The first-order chi connectivity index (χ1) is 9.60. The molecule has 0 aliphatic rings. The van der Waals surface area contributed by atoms with E-state index in [1.54, 1.807) is 18.2 Å². The first-order valence-corrected chi connectivity index (χ1v) is 7.16. The summed E-state index contributed by atoms with van der Waals surface area (Å²) in [5, 5.41) is 7.41. The van der Waals surface area contributed by atoms with E-state index >= 15 is 0 Å². The lowest BCUT2D eigenvalue weighted by Gasteiger charge is -2.11. The highest BCUT2D eigenvalue weighted by Crippen LogP contribution is 2.32. The van der Waals surface area contributed by atoms with Gasteiger partial charge in [-0.25, -0.2) is 4.98 Å². The van der Waals surface area contributed by atoms with Crippen molar-refractivity contribution in [3.05, 3.63) is 40.0 Å². The van der Waals surface area contributed by atoms with Crippen molar-refractivity contribution < 1.29 is 0 Å². The number of hydrogen-bond acceptors (Lipinski definition) is 4. The van der Waals surface area contributed by atoms with Gasteiger partial charge in [-0.1, -0.05) is 36.2 Å². The second-order valence-electron chi connectivity index (χ2n) is 4.37. The van der Waals surface area contributed by atoms with Crippen LogP contribution in [0.15, 0.2) is 24.3 Å². The number of nitrogens with one attached hydrogen (secondary N) is 2. The van der Waals surface area contributed by atoms with E-state index in [0.717, 1.165) is 18.7 Å². The van der Waals surface area contributed by atoms with Crippen LogP contribution in [0.1, 0.15) is 19.0 Å². The van der Waals surface area contributed by atoms with Crippen LogP contribution >= 0.6 is 23.2 Å². The second-order valence-corrected chi connectivity index (χ2v) is 5.18. The number of aryl methyl sites for hydroxylation is 1. The second kappa shape index (κ2) is 6.77. The molecule has 0 spiro atoms. The monoisotopic (exact) mass is 310 g/mol. The third-order valence-corrected chi connectivity index (χ3v) is 3.23. The Morgan fingerprint density at radius 3 is 2.50 bits per heavy atom. The van der Waals surface area contributed by atoms with Gasteiger partial charge >= 0.3 is 0 Å². The quantitative estimate of drug-likeness (QED) is 0.843. The van der Waals surface area contributed by atoms with Crippen LogP contribution in [0.3, 0.4) is 0 Å². The largest absolute Gasteiger partial charge is 0.354 e. The fraction of sp³-hybridized carbons (Fsp3) is 0.286. The van der Waals surface area contributed by atoms with E-state index in [2.05, 4.69) is 27.5 Å². The normalized spacial score (nSPS) is 10.4. The highest BCUT2D eigenvalue weighted by atomic mass is 35.5. The number of para-hydroxylation sites is 1. The molecule has 2 aromatic rings. The molecule has 0 amide bonds. The van der Waals surface area contributed by atoms with Crippen molar-refractivity contribution in [1.29, 1.82) is 0 Å². The molecule has 0 fully saturated rings. The molecule has 0 radical (unpaired) electrons. The van der Waals surface area contributed by atoms with E-state index in [1.807, 2.05) is 13.0 Å². The summed E-state index contributed by atoms with van der Waals surface area (Å²) in [6.07, 6.45) is 1.01. The van der Waals surface area contributed by atoms with Gasteiger partial charge in [-0.2, -0.15) is 4.98 Å². The van der Waals surface area contributed by atoms with Gasteiger partial charge in [-0.3, -0.25) is 0 Å². The van der Waals surface area contributed by atoms with E-state index in [4.69, 9.17) is 23.2 Å². The molecular formula is C14H16Cl2N4. The highest BCUT2D eigenvalue weighted by molar-refractivity contribution is 6.39. The van der Waals surface area contributed by atoms with Crippen molar-refractivity contribution in [2.24, 2.45) is 0 Å². The van der Waals surface area contributed by atoms with Crippen molar-refractivity contribution in [2.75, 3.05) is 17.2 Å². The molecule has 1 aromatic carbocycles. The van der Waals surface area contributed by atoms with Crippen molar-refractivity contribution in [2.45, 2.75) is 20.3 Å². The SMILES string of the molecule is CCCNc1nc(C)cc(Nc2c(Cl)cccc2Cl)n1. The van der Waals surface area contributed by atoms with Gasteiger partial charge in [0.05, 0.1) is 15.7 Å². The number of halogens is 2. The smallest absolute Gasteiger partial charge is 0.224 e. The Morgan fingerprint density at radius 2 is 1.85 bits per heavy atom. The summed E-state index contributed by atoms with van der Waals surface area (Å²) in [7, 11) is 0. The third-order valence-electron chi connectivity index (χ3n) is 2.60. The number of rotatable bonds is 5. The molecule has 20 heavy (non-hydrogen) atoms. The summed E-state index contributed by atoms with van der Waals surface area (Å²) in [5.74, 6) is 1.25. The molecule has 4 nitrogen and oxygen atoms in total. The Bertz CT molecular complexity index is 581. The predicted octanol–water partition coefficient (Wildman–Crippen LogP) is 4.66. The van der Waals surface area contributed by atoms with Gasteiger partial charge in [0, 0.05) is 18.3 Å². The lowest BCUT2D eigenvalue weighted by Crippen LogP contribution is -2.07. The van der Waals surface area contributed by atoms with Gasteiger partial charge in [-0.05, 0) is 25.5 Å². The average molecular weight is 311 g/mol. The van der Waals surface area contributed by atoms with Crippen LogP contribution in [0, 0.1) is 6.92 Å². The molecule has 0 unspecified atom stereocenters. The fourth-order valence-electron chi connectivity index (χ4n) is 1.69. The van der Waals surface area contributed by atoms with Crippen molar-refractivity contribution in [1.82, 2.24) is 9.97 Å². The summed E-state index contributed by atoms with van der Waals surface area (Å²) in [5.41, 5.74) is 1.51. The van der Waals surface area contributed by atoms with Crippen LogP contribution in [-0.4, -0.2) is 16.5 Å². The molecule has 0 atom stereocenters. The average Bonchev–Trinajstić information content (AvgIpc) is 2.40. The van der Waals surface area contributed by atoms with Gasteiger partial charge in [0.2, 0.25) is 5.95 Å². The van der Waals surface area contributed by atoms with Crippen molar-refractivity contribution in [3.8, 4) is 0 Å². The number of benzene rings is 1. The maximum atomic E-state index is 6.14. The molecule has 1 heterocycles. The molecule has 0 bridgehead atoms. The van der Waals surface area contributed by atoms with Crippen molar-refractivity contribution >= 4 is 40.7 Å². The van der Waals surface area contributed by atoms with Crippen LogP contribution in [-0.2, 0) is 0 Å². The van der Waals surface area contributed by atoms with Crippen LogP contribution in [0.25, 0.3) is 0 Å². The number of nitrogens with zero attached hydrogens (tertiary/aromatic N) is 2. The van der Waals surface area contributed by atoms with Gasteiger partial charge in [-0.15, -0.1) is 0 Å². The minimum atomic E-state index is 0.553. The van der Waals surface area contributed by atoms with Crippen molar-refractivity contribution in [3.63, 3.8) is 0 Å². The van der Waals surface area contributed by atoms with Gasteiger partial charge in [0.15, 0.2) is 0 Å². The highest BCUT2D eigenvalue weighted by Gasteiger charge is 2.08. The Balaban J connectivity index is 2.27. The zero-order valence-corrected chi connectivity index (χ0v) is 12.9. The summed E-state index contributed by atoms with van der Waals surface area (Å²) >= 11 is 12.3. The van der Waals surface area contributed by atoms with E-state index in [1.165, 1.54) is 0 Å². The summed E-state index contributed by atoms with van der Waals surface area (Å²) in [4.78, 5) is 8.73. The first-order valence-electron chi connectivity index (χ1n) is 6.40. The summed E-state index contributed by atoms with van der Waals surface area (Å²) < 4.78 is 0. The maximum Gasteiger partial charge on any atom is 0.224 e. The molecule has 6 heteroatoms. The molecule has 0 aliphatic heterocycles. The first kappa shape index (κ1) is 14.9. The van der Waals surface area contributed by atoms with Gasteiger partial charge in [0.25, 0.3) is 0 Å². The lowest BCUT2D eigenvalue weighted by molar-refractivity contribution is 0.947. The van der Waals surface area contributed by atoms with Gasteiger partial charge < -0.3 is 10.6 Å². The number of hydrogen-bond donors (Lipinski definition) is 2. The molecule has 2 N–H and O–H groups in total. The molecule has 2 rings (SSSR count). The van der Waals surface area contributed by atoms with E-state index in [9.17, 15) is 0 Å². The Morgan fingerprint density at radius 1 is 1.15 bits per heavy atom. The molecule has 106 valence electrons. The van der Waals surface area contributed by atoms with E-state index < -0.39 is 0 Å². The lowest BCUT2D eigenvalue weighted by atomic mass is 10.3. The van der Waals surface area contributed by atoms with Crippen LogP contribution in [0.2, 0.25) is 10.0 Å². The van der Waals surface area contributed by atoms with Crippen LogP contribution < -0.4 is 10.6 Å². The maximum absolute atomic E-state index is 6.14. The Labute approximate surface area is 128 Å². The van der Waals surface area contributed by atoms with E-state index in [0.29, 0.717) is 27.5 Å². The number of anilines is 3. The Kier molecular flexibility index (Phi) is 5.04. The molecule has 0 saturated carbocycles. The summed E-state index contributed by atoms with van der Waals surface area (Å²) in [6, 6.07) is 7.20. The van der Waals surface area contributed by atoms with E-state index in [-0.39, 0.29) is 0 Å². The molecular weight excluding hydrogens is 295 g/mol. The number of aromatic nitrogens is 2. The molecule has 0 aliphatic carbocycles. The molecule has 1 aromatic heterocycles.